The number of amides is 2. The van der Waals surface area contributed by atoms with Crippen LogP contribution < -0.4 is 10.2 Å². The maximum atomic E-state index is 14.0. The number of nitrogens with one attached hydrogen (secondary N) is 1. The molecule has 0 saturated carbocycles. The van der Waals surface area contributed by atoms with Crippen molar-refractivity contribution in [2.75, 3.05) is 39.3 Å². The van der Waals surface area contributed by atoms with E-state index >= 15 is 0 Å². The number of halogens is 1. The Labute approximate surface area is 203 Å². The zero-order valence-corrected chi connectivity index (χ0v) is 20.0. The van der Waals surface area contributed by atoms with Gasteiger partial charge in [0.25, 0.3) is 5.91 Å². The predicted octanol–water partition coefficient (Wildman–Crippen LogP) is 3.46. The average Bonchev–Trinajstić information content (AvgIpc) is 3.49. The minimum Gasteiger partial charge on any atom is -0.409 e. The number of hydrogen-bond donors (Lipinski definition) is 1. The molecule has 10 heteroatoms. The Morgan fingerprint density at radius 2 is 1.97 bits per heavy atom. The lowest BCUT2D eigenvalue weighted by Gasteiger charge is -2.32. The second-order valence-electron chi connectivity index (χ2n) is 9.11. The zero-order valence-electron chi connectivity index (χ0n) is 19.2. The van der Waals surface area contributed by atoms with E-state index in [1.54, 1.807) is 11.0 Å². The standard InChI is InChI=1S/C24H30FN5O3S/c25-18-7-6-17(14-21-22(31)27-23(34-21)30-12-5-2-9-26-30)20(15-18)33-24(32)29-13-8-19(16-29)28-10-3-1-4-11-28/h6-7,14-15,19,26H,1-5,8-13,16H2/t19-/m1/s1. The average molecular weight is 488 g/mol. The summed E-state index contributed by atoms with van der Waals surface area (Å²) in [6.45, 7) is 5.05. The van der Waals surface area contributed by atoms with Gasteiger partial charge in [0.05, 0.1) is 4.91 Å². The van der Waals surface area contributed by atoms with Crippen LogP contribution in [0.5, 0.6) is 5.75 Å². The lowest BCUT2D eigenvalue weighted by Crippen LogP contribution is -2.45. The first-order valence-corrected chi connectivity index (χ1v) is 12.9. The van der Waals surface area contributed by atoms with Gasteiger partial charge in [-0.15, -0.1) is 0 Å². The summed E-state index contributed by atoms with van der Waals surface area (Å²) in [4.78, 5) is 34.1. The van der Waals surface area contributed by atoms with Gasteiger partial charge in [-0.2, -0.15) is 4.99 Å². The van der Waals surface area contributed by atoms with Gasteiger partial charge in [0.2, 0.25) is 0 Å². The van der Waals surface area contributed by atoms with Crippen molar-refractivity contribution in [1.82, 2.24) is 20.2 Å². The summed E-state index contributed by atoms with van der Waals surface area (Å²) in [5.74, 6) is -0.743. The number of thioether (sulfide) groups is 1. The molecule has 0 spiro atoms. The minimum atomic E-state index is -0.502. The van der Waals surface area contributed by atoms with Crippen molar-refractivity contribution in [3.05, 3.63) is 34.5 Å². The van der Waals surface area contributed by atoms with Crippen molar-refractivity contribution >= 4 is 35.0 Å². The topological polar surface area (TPSA) is 77.5 Å². The molecular weight excluding hydrogens is 457 g/mol. The van der Waals surface area contributed by atoms with Gasteiger partial charge in [-0.1, -0.05) is 6.42 Å². The van der Waals surface area contributed by atoms with Crippen LogP contribution in [0.1, 0.15) is 44.1 Å². The van der Waals surface area contributed by atoms with E-state index < -0.39 is 11.9 Å². The number of ether oxygens (including phenoxy) is 1. The van der Waals surface area contributed by atoms with Crippen molar-refractivity contribution in [1.29, 1.82) is 0 Å². The number of carbonyl (C=O) groups is 2. The monoisotopic (exact) mass is 487 g/mol. The predicted molar refractivity (Wildman–Crippen MR) is 130 cm³/mol. The first kappa shape index (κ1) is 23.3. The molecule has 4 aliphatic heterocycles. The van der Waals surface area contributed by atoms with Gasteiger partial charge in [-0.05, 0) is 75.2 Å². The van der Waals surface area contributed by atoms with Gasteiger partial charge in [0.15, 0.2) is 5.17 Å². The molecule has 0 unspecified atom stereocenters. The number of carbonyl (C=O) groups excluding carboxylic acids is 2. The number of nitrogens with zero attached hydrogens (tertiary/aromatic N) is 4. The van der Waals surface area contributed by atoms with Crippen LogP contribution in [-0.4, -0.2) is 77.3 Å². The molecule has 8 nitrogen and oxygen atoms in total. The summed E-state index contributed by atoms with van der Waals surface area (Å²) in [5, 5.41) is 2.50. The zero-order chi connectivity index (χ0) is 23.5. The first-order chi connectivity index (χ1) is 16.6. The number of rotatable bonds is 3. The van der Waals surface area contributed by atoms with Crippen LogP contribution in [0.15, 0.2) is 28.1 Å². The Balaban J connectivity index is 1.26. The summed E-state index contributed by atoms with van der Waals surface area (Å²) in [5.41, 5.74) is 3.72. The maximum absolute atomic E-state index is 14.0. The molecule has 1 aromatic rings. The van der Waals surface area contributed by atoms with Crippen LogP contribution in [0.4, 0.5) is 9.18 Å². The number of benzene rings is 1. The lowest BCUT2D eigenvalue weighted by molar-refractivity contribution is -0.113. The third-order valence-corrected chi connectivity index (χ3v) is 7.75. The molecule has 0 aliphatic carbocycles. The van der Waals surface area contributed by atoms with Crippen LogP contribution in [0.25, 0.3) is 6.08 Å². The van der Waals surface area contributed by atoms with Crippen molar-refractivity contribution < 1.29 is 18.7 Å². The van der Waals surface area contributed by atoms with E-state index in [0.29, 0.717) is 34.8 Å². The number of aliphatic imine (C=N–C) groups is 1. The van der Waals surface area contributed by atoms with Gasteiger partial charge >= 0.3 is 6.09 Å². The number of hydrogen-bond acceptors (Lipinski definition) is 7. The highest BCUT2D eigenvalue weighted by Crippen LogP contribution is 2.33. The van der Waals surface area contributed by atoms with Crippen LogP contribution >= 0.6 is 11.8 Å². The highest BCUT2D eigenvalue weighted by atomic mass is 32.2. The summed E-state index contributed by atoms with van der Waals surface area (Å²) in [7, 11) is 0. The molecule has 34 heavy (non-hydrogen) atoms. The van der Waals surface area contributed by atoms with Crippen LogP contribution in [0, 0.1) is 5.82 Å². The smallest absolute Gasteiger partial charge is 0.409 e. The van der Waals surface area contributed by atoms with Crippen molar-refractivity contribution in [2.24, 2.45) is 4.99 Å². The Morgan fingerprint density at radius 1 is 1.15 bits per heavy atom. The number of amidine groups is 1. The van der Waals surface area contributed by atoms with Crippen LogP contribution in [0.3, 0.4) is 0 Å². The van der Waals surface area contributed by atoms with E-state index in [1.165, 1.54) is 49.2 Å². The van der Waals surface area contributed by atoms with Crippen molar-refractivity contribution in [2.45, 2.75) is 44.6 Å². The van der Waals surface area contributed by atoms with E-state index in [9.17, 15) is 14.0 Å². The molecule has 1 aromatic carbocycles. The third kappa shape index (κ3) is 5.29. The molecule has 4 aliphatic rings. The van der Waals surface area contributed by atoms with Gasteiger partial charge < -0.3 is 9.64 Å². The Morgan fingerprint density at radius 3 is 2.76 bits per heavy atom. The third-order valence-electron chi connectivity index (χ3n) is 6.74. The SMILES string of the molecule is O=C1N=C(N2CCCCN2)SC1=Cc1ccc(F)cc1OC(=O)N1CC[C@@H](N2CCCCC2)C1. The molecule has 1 N–H and O–H groups in total. The molecule has 3 saturated heterocycles. The minimum absolute atomic E-state index is 0.108. The second kappa shape index (κ2) is 10.5. The van der Waals surface area contributed by atoms with Gasteiger partial charge in [-0.3, -0.25) is 14.7 Å². The number of piperidine rings is 1. The fraction of sp³-hybridized carbons (Fsp3) is 0.542. The molecule has 2 amide bonds. The fourth-order valence-corrected chi connectivity index (χ4v) is 5.78. The molecule has 0 radical (unpaired) electrons. The molecule has 3 fully saturated rings. The largest absolute Gasteiger partial charge is 0.415 e. The molecular formula is C24H30FN5O3S. The summed E-state index contributed by atoms with van der Waals surface area (Å²) >= 11 is 1.27. The highest BCUT2D eigenvalue weighted by Gasteiger charge is 2.32. The van der Waals surface area contributed by atoms with Gasteiger partial charge in [0, 0.05) is 43.9 Å². The van der Waals surface area contributed by atoms with E-state index in [2.05, 4.69) is 15.3 Å². The fourth-order valence-electron chi connectivity index (χ4n) is 4.87. The second-order valence-corrected chi connectivity index (χ2v) is 10.1. The Bertz CT molecular complexity index is 1000. The number of hydrazine groups is 1. The molecule has 5 rings (SSSR count). The van der Waals surface area contributed by atoms with Crippen molar-refractivity contribution in [3.63, 3.8) is 0 Å². The number of likely N-dealkylation sites (tertiary alicyclic amines) is 2. The molecule has 182 valence electrons. The lowest BCUT2D eigenvalue weighted by atomic mass is 10.1. The Hall–Kier alpha value is -2.43. The van der Waals surface area contributed by atoms with Gasteiger partial charge in [-0.25, -0.2) is 14.6 Å². The summed E-state index contributed by atoms with van der Waals surface area (Å²) in [6, 6.07) is 4.37. The van der Waals surface area contributed by atoms with E-state index in [4.69, 9.17) is 4.74 Å². The highest BCUT2D eigenvalue weighted by molar-refractivity contribution is 8.18. The molecule has 0 bridgehead atoms. The summed E-state index contributed by atoms with van der Waals surface area (Å²) < 4.78 is 19.7. The first-order valence-electron chi connectivity index (χ1n) is 12.1. The van der Waals surface area contributed by atoms with E-state index in [0.717, 1.165) is 45.4 Å². The van der Waals surface area contributed by atoms with Crippen LogP contribution in [-0.2, 0) is 4.79 Å². The Kier molecular flexibility index (Phi) is 7.17. The van der Waals surface area contributed by atoms with Crippen molar-refractivity contribution in [3.8, 4) is 5.75 Å². The quantitative estimate of drug-likeness (QED) is 0.655. The normalized spacial score (nSPS) is 25.2. The van der Waals surface area contributed by atoms with Crippen LogP contribution in [0.2, 0.25) is 0 Å². The van der Waals surface area contributed by atoms with Gasteiger partial charge in [0.1, 0.15) is 11.6 Å². The maximum Gasteiger partial charge on any atom is 0.415 e. The molecule has 4 heterocycles. The van der Waals surface area contributed by atoms with E-state index in [1.807, 2.05) is 5.01 Å². The molecule has 0 aromatic heterocycles. The molecule has 1 atom stereocenters. The summed E-state index contributed by atoms with van der Waals surface area (Å²) in [6.07, 6.45) is 7.87. The van der Waals surface area contributed by atoms with E-state index in [-0.39, 0.29) is 11.7 Å².